The Bertz CT molecular complexity index is 834. The summed E-state index contributed by atoms with van der Waals surface area (Å²) < 4.78 is 0. The fourth-order valence-corrected chi connectivity index (χ4v) is 3.89. The van der Waals surface area contributed by atoms with Crippen molar-refractivity contribution in [1.29, 1.82) is 0 Å². The molecule has 3 amide bonds. The van der Waals surface area contributed by atoms with Crippen LogP contribution in [0.3, 0.4) is 0 Å². The molecule has 0 aliphatic carbocycles. The van der Waals surface area contributed by atoms with E-state index in [4.69, 9.17) is 11.5 Å². The minimum Gasteiger partial charge on any atom is -0.426 e. The number of nitrogens with one attached hydrogen (secondary N) is 2. The predicted molar refractivity (Wildman–Crippen MR) is 125 cm³/mol. The first-order valence-corrected chi connectivity index (χ1v) is 11.0. The van der Waals surface area contributed by atoms with E-state index in [0.717, 1.165) is 5.56 Å². The molecule has 0 bridgehead atoms. The van der Waals surface area contributed by atoms with Crippen LogP contribution in [0.2, 0.25) is 0 Å². The minimum absolute atomic E-state index is 0.0653. The largest absolute Gasteiger partial charge is 0.475 e. The van der Waals surface area contributed by atoms with Gasteiger partial charge in [0.05, 0.1) is 5.94 Å². The first-order valence-electron chi connectivity index (χ1n) is 11.0. The van der Waals surface area contributed by atoms with Crippen LogP contribution in [0.15, 0.2) is 35.3 Å². The van der Waals surface area contributed by atoms with Crippen molar-refractivity contribution in [3.63, 3.8) is 0 Å². The van der Waals surface area contributed by atoms with Crippen molar-refractivity contribution in [2.75, 3.05) is 13.1 Å². The van der Waals surface area contributed by atoms with E-state index in [-0.39, 0.29) is 30.7 Å². The third-order valence-electron chi connectivity index (χ3n) is 5.45. The molecule has 0 saturated carbocycles. The molecule has 1 unspecified atom stereocenters. The number of amides is 3. The van der Waals surface area contributed by atoms with Gasteiger partial charge in [-0.05, 0) is 31.2 Å². The van der Waals surface area contributed by atoms with Crippen LogP contribution in [0.5, 0.6) is 0 Å². The molecule has 3 atom stereocenters. The minimum atomic E-state index is -1.77. The molecule has 1 aromatic rings. The predicted octanol–water partition coefficient (Wildman–Crippen LogP) is -1.72. The highest BCUT2D eigenvalue weighted by Crippen LogP contribution is 2.20. The molecule has 180 valence electrons. The molecule has 1 aromatic carbocycles. The first kappa shape index (κ1) is 26.1. The van der Waals surface area contributed by atoms with E-state index in [0.29, 0.717) is 32.2 Å². The van der Waals surface area contributed by atoms with Gasteiger partial charge in [-0.2, -0.15) is 0 Å². The Hall–Kier alpha value is -3.12. The summed E-state index contributed by atoms with van der Waals surface area (Å²) >= 11 is 0. The van der Waals surface area contributed by atoms with Gasteiger partial charge in [0.2, 0.25) is 17.7 Å². The second kappa shape index (κ2) is 12.8. The molecule has 0 radical (unpaired) electrons. The van der Waals surface area contributed by atoms with Gasteiger partial charge in [0.25, 0.3) is 0 Å². The van der Waals surface area contributed by atoms with Gasteiger partial charge < -0.3 is 37.0 Å². The topological polar surface area (TPSA) is 183 Å². The summed E-state index contributed by atoms with van der Waals surface area (Å²) in [7, 11) is -1.77. The maximum atomic E-state index is 13.3. The Kier molecular flexibility index (Phi) is 10.1. The van der Waals surface area contributed by atoms with E-state index in [9.17, 15) is 24.4 Å². The second-order valence-electron chi connectivity index (χ2n) is 8.11. The van der Waals surface area contributed by atoms with Gasteiger partial charge in [0, 0.05) is 26.4 Å². The molecular formula is C21H33BN6O5. The summed E-state index contributed by atoms with van der Waals surface area (Å²) in [6.07, 6.45) is 2.03. The molecule has 1 aliphatic rings. The molecule has 8 N–H and O–H groups in total. The molecule has 1 aliphatic heterocycles. The number of guanidine groups is 1. The molecule has 1 heterocycles. The molecule has 0 aromatic heterocycles. The summed E-state index contributed by atoms with van der Waals surface area (Å²) in [5.41, 5.74) is 11.4. The lowest BCUT2D eigenvalue weighted by atomic mass is 9.76. The van der Waals surface area contributed by atoms with Gasteiger partial charge in [0.15, 0.2) is 5.96 Å². The van der Waals surface area contributed by atoms with Crippen molar-refractivity contribution < 1.29 is 24.4 Å². The summed E-state index contributed by atoms with van der Waals surface area (Å²) in [6.45, 7) is 2.00. The summed E-state index contributed by atoms with van der Waals surface area (Å²) in [5.74, 6) is -2.15. The standard InChI is InChI=1S/C21H33BN6O5/c1-14(29)26-16(13-15-7-3-2-4-8-15)20(31)28-12-6-9-17(28)19(30)27-18(22(32)33)10-5-11-25-21(23)24/h2-4,7-8,16-18,32-33H,5-6,9-13H2,1H3,(H,26,29)(H,27,30)(H4,23,24,25)/t16-,17-,18?/m1/s1. The van der Waals surface area contributed by atoms with E-state index in [2.05, 4.69) is 15.6 Å². The number of rotatable bonds is 11. The average molecular weight is 460 g/mol. The van der Waals surface area contributed by atoms with Crippen molar-refractivity contribution >= 4 is 30.8 Å². The number of nitrogens with two attached hydrogens (primary N) is 2. The number of benzene rings is 1. The molecule has 2 rings (SSSR count). The van der Waals surface area contributed by atoms with E-state index >= 15 is 0 Å². The lowest BCUT2D eigenvalue weighted by Crippen LogP contribution is -2.56. The fraction of sp³-hybridized carbons (Fsp3) is 0.524. The Morgan fingerprint density at radius 2 is 1.91 bits per heavy atom. The van der Waals surface area contributed by atoms with Crippen LogP contribution in [0.1, 0.15) is 38.2 Å². The van der Waals surface area contributed by atoms with Crippen LogP contribution in [-0.2, 0) is 20.8 Å². The zero-order valence-corrected chi connectivity index (χ0v) is 18.8. The normalized spacial score (nSPS) is 17.1. The summed E-state index contributed by atoms with van der Waals surface area (Å²) in [4.78, 5) is 43.2. The van der Waals surface area contributed by atoms with Crippen LogP contribution in [-0.4, -0.2) is 76.9 Å². The lowest BCUT2D eigenvalue weighted by Gasteiger charge is -2.30. The van der Waals surface area contributed by atoms with Crippen molar-refractivity contribution in [3.05, 3.63) is 35.9 Å². The van der Waals surface area contributed by atoms with Crippen LogP contribution in [0.4, 0.5) is 0 Å². The number of hydrogen-bond donors (Lipinski definition) is 6. The van der Waals surface area contributed by atoms with Gasteiger partial charge in [-0.3, -0.25) is 19.4 Å². The number of hydrogen-bond acceptors (Lipinski definition) is 6. The number of likely N-dealkylation sites (tertiary alicyclic amines) is 1. The van der Waals surface area contributed by atoms with Crippen molar-refractivity contribution in [3.8, 4) is 0 Å². The smallest absolute Gasteiger partial charge is 0.426 e. The SMILES string of the molecule is CC(=O)N[C@H](Cc1ccccc1)C(=O)N1CCC[C@@H]1C(=O)NC(CCCN=C(N)N)B(O)O. The van der Waals surface area contributed by atoms with Crippen LogP contribution in [0.25, 0.3) is 0 Å². The van der Waals surface area contributed by atoms with Gasteiger partial charge in [-0.1, -0.05) is 30.3 Å². The third-order valence-corrected chi connectivity index (χ3v) is 5.45. The Balaban J connectivity index is 2.06. The maximum absolute atomic E-state index is 13.3. The van der Waals surface area contributed by atoms with Gasteiger partial charge >= 0.3 is 7.12 Å². The quantitative estimate of drug-likeness (QED) is 0.0981. The van der Waals surface area contributed by atoms with E-state index < -0.39 is 31.1 Å². The van der Waals surface area contributed by atoms with Crippen LogP contribution in [0, 0.1) is 0 Å². The summed E-state index contributed by atoms with van der Waals surface area (Å²) in [6, 6.07) is 7.73. The van der Waals surface area contributed by atoms with Crippen LogP contribution >= 0.6 is 0 Å². The molecular weight excluding hydrogens is 427 g/mol. The highest BCUT2D eigenvalue weighted by atomic mass is 16.4. The Labute approximate surface area is 193 Å². The van der Waals surface area contributed by atoms with Crippen molar-refractivity contribution in [2.45, 2.75) is 57.1 Å². The van der Waals surface area contributed by atoms with E-state index in [1.165, 1.54) is 11.8 Å². The monoisotopic (exact) mass is 460 g/mol. The van der Waals surface area contributed by atoms with Gasteiger partial charge in [-0.25, -0.2) is 0 Å². The Morgan fingerprint density at radius 3 is 2.52 bits per heavy atom. The number of carbonyl (C=O) groups excluding carboxylic acids is 3. The highest BCUT2D eigenvalue weighted by molar-refractivity contribution is 6.43. The molecule has 1 saturated heterocycles. The number of carbonyl (C=O) groups is 3. The zero-order valence-electron chi connectivity index (χ0n) is 18.8. The summed E-state index contributed by atoms with van der Waals surface area (Å²) in [5, 5.41) is 24.7. The van der Waals surface area contributed by atoms with Gasteiger partial charge in [-0.15, -0.1) is 0 Å². The van der Waals surface area contributed by atoms with Crippen molar-refractivity contribution in [1.82, 2.24) is 15.5 Å². The molecule has 12 heteroatoms. The van der Waals surface area contributed by atoms with Gasteiger partial charge in [0.1, 0.15) is 12.1 Å². The number of aliphatic imine (C=N–C) groups is 1. The molecule has 11 nitrogen and oxygen atoms in total. The number of nitrogens with zero attached hydrogens (tertiary/aromatic N) is 2. The lowest BCUT2D eigenvalue weighted by molar-refractivity contribution is -0.141. The van der Waals surface area contributed by atoms with E-state index in [1.54, 1.807) is 0 Å². The molecule has 1 fully saturated rings. The average Bonchev–Trinajstić information content (AvgIpc) is 3.25. The molecule has 0 spiro atoms. The zero-order chi connectivity index (χ0) is 24.4. The first-order chi connectivity index (χ1) is 15.7. The van der Waals surface area contributed by atoms with E-state index in [1.807, 2.05) is 30.3 Å². The Morgan fingerprint density at radius 1 is 1.21 bits per heavy atom. The third kappa shape index (κ3) is 8.39. The van der Waals surface area contributed by atoms with Crippen LogP contribution < -0.4 is 22.1 Å². The fourth-order valence-electron chi connectivity index (χ4n) is 3.89. The second-order valence-corrected chi connectivity index (χ2v) is 8.11. The molecule has 33 heavy (non-hydrogen) atoms. The maximum Gasteiger partial charge on any atom is 0.475 e. The van der Waals surface area contributed by atoms with Crippen molar-refractivity contribution in [2.24, 2.45) is 16.5 Å². The highest BCUT2D eigenvalue weighted by Gasteiger charge is 2.39.